The Kier molecular flexibility index (Phi) is 4.95. The number of nitrogens with one attached hydrogen (secondary N) is 1. The van der Waals surface area contributed by atoms with Crippen LogP contribution in [0.3, 0.4) is 0 Å². The number of carbonyl (C=O) groups excluding carboxylic acids is 1. The fraction of sp³-hybridized carbons (Fsp3) is 0.600. The molecule has 2 atom stereocenters. The van der Waals surface area contributed by atoms with Crippen LogP contribution in [-0.4, -0.2) is 48.1 Å². The number of hydrogen-bond acceptors (Lipinski definition) is 4. The number of rotatable bonds is 5. The highest BCUT2D eigenvalue weighted by Gasteiger charge is 2.31. The first-order valence-corrected chi connectivity index (χ1v) is 7.23. The molecule has 1 aromatic rings. The molecule has 0 spiro atoms. The van der Waals surface area contributed by atoms with Crippen molar-refractivity contribution in [2.24, 2.45) is 0 Å². The van der Waals surface area contributed by atoms with Crippen LogP contribution < -0.4 is 5.32 Å². The Morgan fingerprint density at radius 2 is 2.35 bits per heavy atom. The zero-order valence-electron chi connectivity index (χ0n) is 12.4. The number of aromatic nitrogens is 1. The van der Waals surface area contributed by atoms with Gasteiger partial charge in [-0.15, -0.1) is 0 Å². The number of pyridine rings is 1. The van der Waals surface area contributed by atoms with Crippen molar-refractivity contribution in [1.82, 2.24) is 9.88 Å². The highest BCUT2D eigenvalue weighted by atomic mass is 16.5. The lowest BCUT2D eigenvalue weighted by atomic mass is 10.1. The Morgan fingerprint density at radius 3 is 3.00 bits per heavy atom. The molecule has 1 aliphatic rings. The Hall–Kier alpha value is -1.62. The van der Waals surface area contributed by atoms with E-state index in [4.69, 9.17) is 4.74 Å². The first-order chi connectivity index (χ1) is 9.63. The first-order valence-electron chi connectivity index (χ1n) is 7.23. The normalized spacial score (nSPS) is 21.8. The van der Waals surface area contributed by atoms with Crippen molar-refractivity contribution < 1.29 is 9.53 Å². The largest absolute Gasteiger partial charge is 0.376 e. The summed E-state index contributed by atoms with van der Waals surface area (Å²) < 4.78 is 5.52. The van der Waals surface area contributed by atoms with Crippen LogP contribution in [0.15, 0.2) is 18.2 Å². The van der Waals surface area contributed by atoms with Crippen LogP contribution in [0.1, 0.15) is 37.2 Å². The summed E-state index contributed by atoms with van der Waals surface area (Å²) in [6.07, 6.45) is 2.00. The van der Waals surface area contributed by atoms with Gasteiger partial charge in [0, 0.05) is 20.2 Å². The Labute approximate surface area is 120 Å². The van der Waals surface area contributed by atoms with Crippen molar-refractivity contribution in [2.75, 3.05) is 25.5 Å². The van der Waals surface area contributed by atoms with Gasteiger partial charge in [-0.05, 0) is 31.9 Å². The van der Waals surface area contributed by atoms with Gasteiger partial charge >= 0.3 is 0 Å². The second kappa shape index (κ2) is 6.70. The van der Waals surface area contributed by atoms with E-state index >= 15 is 0 Å². The molecule has 5 nitrogen and oxygen atoms in total. The minimum absolute atomic E-state index is 0.0486. The quantitative estimate of drug-likeness (QED) is 0.896. The van der Waals surface area contributed by atoms with Gasteiger partial charge in [-0.1, -0.05) is 13.0 Å². The van der Waals surface area contributed by atoms with Gasteiger partial charge in [0.2, 0.25) is 0 Å². The highest BCUT2D eigenvalue weighted by Crippen LogP contribution is 2.20. The van der Waals surface area contributed by atoms with Crippen LogP contribution in [0, 0.1) is 0 Å². The van der Waals surface area contributed by atoms with E-state index in [-0.39, 0.29) is 18.1 Å². The molecular formula is C15H23N3O2. The maximum absolute atomic E-state index is 12.5. The summed E-state index contributed by atoms with van der Waals surface area (Å²) in [6, 6.07) is 5.64. The first kappa shape index (κ1) is 14.8. The van der Waals surface area contributed by atoms with Crippen molar-refractivity contribution in [1.29, 1.82) is 0 Å². The summed E-state index contributed by atoms with van der Waals surface area (Å²) in [6.45, 7) is 5.67. The monoisotopic (exact) mass is 277 g/mol. The molecule has 0 aliphatic carbocycles. The average molecular weight is 277 g/mol. The molecular weight excluding hydrogens is 254 g/mol. The van der Waals surface area contributed by atoms with E-state index in [0.717, 1.165) is 31.8 Å². The van der Waals surface area contributed by atoms with Crippen LogP contribution in [0.25, 0.3) is 0 Å². The molecule has 1 amide bonds. The number of anilines is 1. The molecule has 1 saturated heterocycles. The second-order valence-corrected chi connectivity index (χ2v) is 5.18. The standard InChI is InChI=1S/C15H23N3O2/c1-4-9-16-14-7-5-6-12(17-14)15(19)18(3)13-8-10-20-11(13)2/h5-7,11,13H,4,8-10H2,1-3H3,(H,16,17). The van der Waals surface area contributed by atoms with Gasteiger partial charge in [-0.25, -0.2) is 4.98 Å². The van der Waals surface area contributed by atoms with Crippen molar-refractivity contribution >= 4 is 11.7 Å². The third-order valence-corrected chi connectivity index (χ3v) is 3.68. The minimum atomic E-state index is -0.0486. The molecule has 20 heavy (non-hydrogen) atoms. The fourth-order valence-electron chi connectivity index (χ4n) is 2.47. The van der Waals surface area contributed by atoms with Gasteiger partial charge in [0.1, 0.15) is 11.5 Å². The number of hydrogen-bond donors (Lipinski definition) is 1. The molecule has 1 N–H and O–H groups in total. The molecule has 2 unspecified atom stereocenters. The van der Waals surface area contributed by atoms with Crippen LogP contribution in [0.5, 0.6) is 0 Å². The summed E-state index contributed by atoms with van der Waals surface area (Å²) >= 11 is 0. The molecule has 2 heterocycles. The smallest absolute Gasteiger partial charge is 0.272 e. The second-order valence-electron chi connectivity index (χ2n) is 5.18. The van der Waals surface area contributed by atoms with E-state index in [9.17, 15) is 4.79 Å². The van der Waals surface area contributed by atoms with Crippen LogP contribution in [0.4, 0.5) is 5.82 Å². The van der Waals surface area contributed by atoms with Crippen molar-refractivity contribution in [2.45, 2.75) is 38.8 Å². The predicted molar refractivity (Wildman–Crippen MR) is 78.9 cm³/mol. The molecule has 0 radical (unpaired) electrons. The lowest BCUT2D eigenvalue weighted by Gasteiger charge is -2.26. The molecule has 110 valence electrons. The molecule has 2 rings (SSSR count). The predicted octanol–water partition coefficient (Wildman–Crippen LogP) is 2.15. The molecule has 1 aliphatic heterocycles. The van der Waals surface area contributed by atoms with Gasteiger partial charge in [-0.2, -0.15) is 0 Å². The summed E-state index contributed by atoms with van der Waals surface area (Å²) in [5.74, 6) is 0.703. The summed E-state index contributed by atoms with van der Waals surface area (Å²) in [4.78, 5) is 18.6. The number of nitrogens with zero attached hydrogens (tertiary/aromatic N) is 2. The van der Waals surface area contributed by atoms with Crippen molar-refractivity contribution in [3.05, 3.63) is 23.9 Å². The molecule has 1 aromatic heterocycles. The van der Waals surface area contributed by atoms with Crippen molar-refractivity contribution in [3.8, 4) is 0 Å². The molecule has 0 bridgehead atoms. The third kappa shape index (κ3) is 3.28. The van der Waals surface area contributed by atoms with E-state index in [1.165, 1.54) is 0 Å². The SMILES string of the molecule is CCCNc1cccc(C(=O)N(C)C2CCOC2C)n1. The molecule has 1 fully saturated rings. The van der Waals surface area contributed by atoms with Gasteiger partial charge in [0.05, 0.1) is 12.1 Å². The summed E-state index contributed by atoms with van der Waals surface area (Å²) in [7, 11) is 1.83. The number of amides is 1. The van der Waals surface area contributed by atoms with Gasteiger partial charge in [0.25, 0.3) is 5.91 Å². The minimum Gasteiger partial charge on any atom is -0.376 e. The van der Waals surface area contributed by atoms with E-state index in [2.05, 4.69) is 17.2 Å². The molecule has 5 heteroatoms. The lowest BCUT2D eigenvalue weighted by molar-refractivity contribution is 0.0570. The van der Waals surface area contributed by atoms with Crippen LogP contribution >= 0.6 is 0 Å². The van der Waals surface area contributed by atoms with Crippen LogP contribution in [0.2, 0.25) is 0 Å². The zero-order chi connectivity index (χ0) is 14.5. The van der Waals surface area contributed by atoms with E-state index in [1.54, 1.807) is 11.0 Å². The van der Waals surface area contributed by atoms with Crippen molar-refractivity contribution in [3.63, 3.8) is 0 Å². The molecule has 0 saturated carbocycles. The van der Waals surface area contributed by atoms with E-state index < -0.39 is 0 Å². The fourth-order valence-corrected chi connectivity index (χ4v) is 2.47. The van der Waals surface area contributed by atoms with Crippen LogP contribution in [-0.2, 0) is 4.74 Å². The van der Waals surface area contributed by atoms with Gasteiger partial charge in [-0.3, -0.25) is 4.79 Å². The van der Waals surface area contributed by atoms with E-state index in [0.29, 0.717) is 5.69 Å². The maximum atomic E-state index is 12.5. The van der Waals surface area contributed by atoms with E-state index in [1.807, 2.05) is 26.1 Å². The maximum Gasteiger partial charge on any atom is 0.272 e. The topological polar surface area (TPSA) is 54.5 Å². The summed E-state index contributed by atoms with van der Waals surface area (Å²) in [5.41, 5.74) is 0.479. The Balaban J connectivity index is 2.08. The number of likely N-dealkylation sites (N-methyl/N-ethyl adjacent to an activating group) is 1. The Morgan fingerprint density at radius 1 is 1.55 bits per heavy atom. The zero-order valence-corrected chi connectivity index (χ0v) is 12.4. The lowest BCUT2D eigenvalue weighted by Crippen LogP contribution is -2.41. The van der Waals surface area contributed by atoms with Gasteiger partial charge < -0.3 is 15.0 Å². The number of ether oxygens (including phenoxy) is 1. The van der Waals surface area contributed by atoms with Gasteiger partial charge in [0.15, 0.2) is 0 Å². The average Bonchev–Trinajstić information content (AvgIpc) is 2.90. The number of carbonyl (C=O) groups is 1. The Bertz CT molecular complexity index is 464. The third-order valence-electron chi connectivity index (χ3n) is 3.68. The highest BCUT2D eigenvalue weighted by molar-refractivity contribution is 5.92. The molecule has 0 aromatic carbocycles. The summed E-state index contributed by atoms with van der Waals surface area (Å²) in [5, 5.41) is 3.20.